The molecule has 0 N–H and O–H groups in total. The van der Waals surface area contributed by atoms with Crippen LogP contribution in [0.25, 0.3) is 11.3 Å². The minimum absolute atomic E-state index is 0.159. The smallest absolute Gasteiger partial charge is 0.365 e. The molecule has 0 unspecified atom stereocenters. The summed E-state index contributed by atoms with van der Waals surface area (Å²) in [5.74, 6) is 0.846. The van der Waals surface area contributed by atoms with Gasteiger partial charge in [0.25, 0.3) is 0 Å². The number of ether oxygens (including phenoxy) is 1. The van der Waals surface area contributed by atoms with E-state index in [9.17, 15) is 4.79 Å². The van der Waals surface area contributed by atoms with Crippen LogP contribution in [-0.2, 0) is 0 Å². The van der Waals surface area contributed by atoms with Gasteiger partial charge in [-0.3, -0.25) is 0 Å². The van der Waals surface area contributed by atoms with Crippen LogP contribution in [-0.4, -0.2) is 11.1 Å². The molecule has 4 heteroatoms. The zero-order valence-electron chi connectivity index (χ0n) is 14.9. The van der Waals surface area contributed by atoms with Crippen LogP contribution in [0.3, 0.4) is 0 Å². The maximum absolute atomic E-state index is 12.5. The fourth-order valence-electron chi connectivity index (χ4n) is 2.58. The first kappa shape index (κ1) is 17.0. The lowest BCUT2D eigenvalue weighted by atomic mass is 10.0. The number of hydrogen-bond donors (Lipinski definition) is 0. The van der Waals surface area contributed by atoms with Gasteiger partial charge >= 0.3 is 5.97 Å². The SMILES string of the molecule is Cc1ccc(-c2cc(C(=O)Oc3cc(C)ccc3C(C)C)no2)cc1. The predicted octanol–water partition coefficient (Wildman–Crippen LogP) is 5.30. The molecule has 3 rings (SSSR count). The molecule has 2 aromatic carbocycles. The van der Waals surface area contributed by atoms with Crippen molar-refractivity contribution in [2.45, 2.75) is 33.6 Å². The largest absolute Gasteiger partial charge is 0.421 e. The van der Waals surface area contributed by atoms with E-state index in [0.717, 1.165) is 22.3 Å². The molecule has 0 bridgehead atoms. The van der Waals surface area contributed by atoms with Crippen molar-refractivity contribution >= 4 is 5.97 Å². The van der Waals surface area contributed by atoms with E-state index in [1.54, 1.807) is 6.07 Å². The van der Waals surface area contributed by atoms with E-state index in [4.69, 9.17) is 9.26 Å². The number of benzene rings is 2. The lowest BCUT2D eigenvalue weighted by Gasteiger charge is -2.12. The zero-order valence-corrected chi connectivity index (χ0v) is 14.9. The van der Waals surface area contributed by atoms with Gasteiger partial charge in [-0.1, -0.05) is 61.0 Å². The molecule has 0 aliphatic carbocycles. The minimum Gasteiger partial charge on any atom is -0.421 e. The Morgan fingerprint density at radius 1 is 1.00 bits per heavy atom. The zero-order chi connectivity index (χ0) is 18.0. The quantitative estimate of drug-likeness (QED) is 0.479. The molecule has 0 saturated carbocycles. The van der Waals surface area contributed by atoms with E-state index in [1.807, 2.05) is 56.3 Å². The molecule has 0 radical (unpaired) electrons. The molecule has 1 aromatic heterocycles. The molecule has 0 aliphatic heterocycles. The normalized spacial score (nSPS) is 10.9. The minimum atomic E-state index is -0.519. The van der Waals surface area contributed by atoms with Crippen molar-refractivity contribution in [3.63, 3.8) is 0 Å². The maximum atomic E-state index is 12.5. The highest BCUT2D eigenvalue weighted by molar-refractivity contribution is 5.90. The summed E-state index contributed by atoms with van der Waals surface area (Å²) in [7, 11) is 0. The van der Waals surface area contributed by atoms with E-state index in [0.29, 0.717) is 11.5 Å². The van der Waals surface area contributed by atoms with E-state index in [2.05, 4.69) is 19.0 Å². The molecule has 0 fully saturated rings. The highest BCUT2D eigenvalue weighted by atomic mass is 16.5. The number of nitrogens with zero attached hydrogens (tertiary/aromatic N) is 1. The van der Waals surface area contributed by atoms with Crippen molar-refractivity contribution in [1.29, 1.82) is 0 Å². The Morgan fingerprint density at radius 3 is 2.36 bits per heavy atom. The van der Waals surface area contributed by atoms with Gasteiger partial charge in [0.05, 0.1) is 0 Å². The van der Waals surface area contributed by atoms with Crippen LogP contribution in [0, 0.1) is 13.8 Å². The monoisotopic (exact) mass is 335 g/mol. The summed E-state index contributed by atoms with van der Waals surface area (Å²) in [5.41, 5.74) is 4.21. The van der Waals surface area contributed by atoms with Gasteiger partial charge in [0.1, 0.15) is 5.75 Å². The first-order valence-electron chi connectivity index (χ1n) is 8.30. The second-order valence-electron chi connectivity index (χ2n) is 6.53. The van der Waals surface area contributed by atoms with Crippen LogP contribution in [0.4, 0.5) is 0 Å². The van der Waals surface area contributed by atoms with Crippen LogP contribution in [0.5, 0.6) is 5.75 Å². The Kier molecular flexibility index (Phi) is 4.70. The van der Waals surface area contributed by atoms with E-state index < -0.39 is 5.97 Å². The molecule has 128 valence electrons. The summed E-state index contributed by atoms with van der Waals surface area (Å²) in [4.78, 5) is 12.5. The van der Waals surface area contributed by atoms with Gasteiger partial charge in [0.15, 0.2) is 11.5 Å². The van der Waals surface area contributed by atoms with Gasteiger partial charge in [0, 0.05) is 11.6 Å². The third kappa shape index (κ3) is 3.79. The van der Waals surface area contributed by atoms with Crippen molar-refractivity contribution in [2.24, 2.45) is 0 Å². The third-order valence-corrected chi connectivity index (χ3v) is 4.05. The lowest BCUT2D eigenvalue weighted by molar-refractivity contribution is 0.0722. The van der Waals surface area contributed by atoms with Crippen molar-refractivity contribution in [3.05, 3.63) is 70.9 Å². The summed E-state index contributed by atoms with van der Waals surface area (Å²) in [6.07, 6.45) is 0. The summed E-state index contributed by atoms with van der Waals surface area (Å²) in [6, 6.07) is 15.3. The third-order valence-electron chi connectivity index (χ3n) is 4.05. The van der Waals surface area contributed by atoms with Gasteiger partial charge in [-0.05, 0) is 37.0 Å². The molecule has 3 aromatic rings. The summed E-state index contributed by atoms with van der Waals surface area (Å²) >= 11 is 0. The molecular formula is C21H21NO3. The molecule has 0 amide bonds. The standard InChI is InChI=1S/C21H21NO3/c1-13(2)17-10-7-15(4)11-20(17)24-21(23)18-12-19(25-22-18)16-8-5-14(3)6-9-16/h5-13H,1-4H3. The Bertz CT molecular complexity index is 892. The topological polar surface area (TPSA) is 52.3 Å². The lowest BCUT2D eigenvalue weighted by Crippen LogP contribution is -2.10. The molecule has 0 aliphatic rings. The summed E-state index contributed by atoms with van der Waals surface area (Å²) in [6.45, 7) is 8.11. The Hall–Kier alpha value is -2.88. The summed E-state index contributed by atoms with van der Waals surface area (Å²) in [5, 5.41) is 3.86. The number of carbonyl (C=O) groups is 1. The average molecular weight is 335 g/mol. The Labute approximate surface area is 147 Å². The van der Waals surface area contributed by atoms with Crippen molar-refractivity contribution < 1.29 is 14.1 Å². The molecule has 0 saturated heterocycles. The van der Waals surface area contributed by atoms with Gasteiger partial charge < -0.3 is 9.26 Å². The van der Waals surface area contributed by atoms with Gasteiger partial charge in [0.2, 0.25) is 0 Å². The highest BCUT2D eigenvalue weighted by Crippen LogP contribution is 2.28. The molecular weight excluding hydrogens is 314 g/mol. The summed E-state index contributed by atoms with van der Waals surface area (Å²) < 4.78 is 10.9. The number of rotatable bonds is 4. The van der Waals surface area contributed by atoms with Crippen LogP contribution in [0.1, 0.15) is 46.9 Å². The van der Waals surface area contributed by atoms with Crippen molar-refractivity contribution in [3.8, 4) is 17.1 Å². The number of hydrogen-bond acceptors (Lipinski definition) is 4. The van der Waals surface area contributed by atoms with Crippen LogP contribution in [0.15, 0.2) is 53.1 Å². The van der Waals surface area contributed by atoms with E-state index in [-0.39, 0.29) is 11.6 Å². The van der Waals surface area contributed by atoms with Crippen molar-refractivity contribution in [1.82, 2.24) is 5.16 Å². The fourth-order valence-corrected chi connectivity index (χ4v) is 2.58. The predicted molar refractivity (Wildman–Crippen MR) is 96.9 cm³/mol. The highest BCUT2D eigenvalue weighted by Gasteiger charge is 2.18. The maximum Gasteiger partial charge on any atom is 0.365 e. The van der Waals surface area contributed by atoms with E-state index in [1.165, 1.54) is 0 Å². The first-order chi connectivity index (χ1) is 11.9. The van der Waals surface area contributed by atoms with Crippen LogP contribution >= 0.6 is 0 Å². The number of aryl methyl sites for hydroxylation is 2. The average Bonchev–Trinajstić information content (AvgIpc) is 3.05. The fraction of sp³-hybridized carbons (Fsp3) is 0.238. The van der Waals surface area contributed by atoms with Crippen LogP contribution in [0.2, 0.25) is 0 Å². The first-order valence-corrected chi connectivity index (χ1v) is 8.30. The number of esters is 1. The molecule has 0 spiro atoms. The second kappa shape index (κ2) is 6.93. The molecule has 0 atom stereocenters. The number of carbonyl (C=O) groups excluding carboxylic acids is 1. The molecule has 1 heterocycles. The van der Waals surface area contributed by atoms with Gasteiger partial charge in [-0.25, -0.2) is 4.79 Å². The van der Waals surface area contributed by atoms with Crippen LogP contribution < -0.4 is 4.74 Å². The second-order valence-corrected chi connectivity index (χ2v) is 6.53. The van der Waals surface area contributed by atoms with Crippen molar-refractivity contribution in [2.75, 3.05) is 0 Å². The van der Waals surface area contributed by atoms with E-state index >= 15 is 0 Å². The van der Waals surface area contributed by atoms with Gasteiger partial charge in [-0.2, -0.15) is 0 Å². The Morgan fingerprint density at radius 2 is 1.68 bits per heavy atom. The number of aromatic nitrogens is 1. The Balaban J connectivity index is 1.83. The molecule has 25 heavy (non-hydrogen) atoms. The molecule has 4 nitrogen and oxygen atoms in total. The van der Waals surface area contributed by atoms with Gasteiger partial charge in [-0.15, -0.1) is 0 Å².